The van der Waals surface area contributed by atoms with Crippen molar-refractivity contribution >= 4 is 50.7 Å². The molecule has 10 heteroatoms. The van der Waals surface area contributed by atoms with E-state index in [9.17, 15) is 18.0 Å². The molecule has 0 bridgehead atoms. The molecule has 41 heavy (non-hydrogen) atoms. The molecule has 1 saturated carbocycles. The van der Waals surface area contributed by atoms with Crippen LogP contribution in [-0.4, -0.2) is 50.0 Å². The number of halogens is 2. The van der Waals surface area contributed by atoms with Gasteiger partial charge in [-0.1, -0.05) is 90.6 Å². The lowest BCUT2D eigenvalue weighted by Gasteiger charge is -2.34. The summed E-state index contributed by atoms with van der Waals surface area (Å²) < 4.78 is 27.0. The van der Waals surface area contributed by atoms with Crippen LogP contribution in [0.4, 0.5) is 5.69 Å². The van der Waals surface area contributed by atoms with E-state index in [4.69, 9.17) is 23.2 Å². The van der Waals surface area contributed by atoms with Crippen LogP contribution < -0.4 is 9.62 Å². The molecule has 1 atom stereocenters. The lowest BCUT2D eigenvalue weighted by molar-refractivity contribution is -0.140. The van der Waals surface area contributed by atoms with Crippen LogP contribution in [0.15, 0.2) is 72.8 Å². The Morgan fingerprint density at radius 3 is 2.22 bits per heavy atom. The average molecular weight is 617 g/mol. The molecule has 7 nitrogen and oxygen atoms in total. The summed E-state index contributed by atoms with van der Waals surface area (Å²) in [5.41, 5.74) is 2.67. The number of hydrogen-bond acceptors (Lipinski definition) is 4. The van der Waals surface area contributed by atoms with Crippen molar-refractivity contribution in [1.82, 2.24) is 10.2 Å². The van der Waals surface area contributed by atoms with Gasteiger partial charge in [-0.05, 0) is 54.7 Å². The zero-order valence-corrected chi connectivity index (χ0v) is 25.6. The molecule has 0 heterocycles. The molecule has 4 rings (SSSR count). The van der Waals surface area contributed by atoms with Gasteiger partial charge in [0.25, 0.3) is 0 Å². The lowest BCUT2D eigenvalue weighted by atomic mass is 10.0. The maximum Gasteiger partial charge on any atom is 0.244 e. The van der Waals surface area contributed by atoms with E-state index >= 15 is 0 Å². The van der Waals surface area contributed by atoms with Gasteiger partial charge in [0.15, 0.2) is 0 Å². The predicted molar refractivity (Wildman–Crippen MR) is 165 cm³/mol. The summed E-state index contributed by atoms with van der Waals surface area (Å²) in [6.07, 6.45) is 5.19. The van der Waals surface area contributed by atoms with Crippen molar-refractivity contribution in [2.45, 2.75) is 57.7 Å². The second-order valence-electron chi connectivity index (χ2n) is 10.5. The summed E-state index contributed by atoms with van der Waals surface area (Å²) >= 11 is 12.4. The highest BCUT2D eigenvalue weighted by Gasteiger charge is 2.34. The van der Waals surface area contributed by atoms with Crippen molar-refractivity contribution in [3.05, 3.63) is 99.5 Å². The van der Waals surface area contributed by atoms with E-state index < -0.39 is 28.5 Å². The van der Waals surface area contributed by atoms with Gasteiger partial charge in [-0.25, -0.2) is 8.42 Å². The van der Waals surface area contributed by atoms with E-state index in [0.717, 1.165) is 41.8 Å². The highest BCUT2D eigenvalue weighted by molar-refractivity contribution is 7.92. The smallest absolute Gasteiger partial charge is 0.244 e. The fourth-order valence-electron chi connectivity index (χ4n) is 5.19. The Kier molecular flexibility index (Phi) is 10.3. The van der Waals surface area contributed by atoms with Crippen LogP contribution >= 0.6 is 23.2 Å². The van der Waals surface area contributed by atoms with Crippen LogP contribution in [0.5, 0.6) is 0 Å². The van der Waals surface area contributed by atoms with Gasteiger partial charge in [-0.2, -0.15) is 0 Å². The minimum atomic E-state index is -3.83. The Morgan fingerprint density at radius 1 is 0.927 bits per heavy atom. The van der Waals surface area contributed by atoms with Crippen LogP contribution in [0.3, 0.4) is 0 Å². The number of sulfonamides is 1. The number of anilines is 1. The fraction of sp³-hybridized carbons (Fsp3) is 0.355. The van der Waals surface area contributed by atoms with Crippen molar-refractivity contribution in [3.63, 3.8) is 0 Å². The van der Waals surface area contributed by atoms with E-state index in [1.165, 1.54) is 4.90 Å². The van der Waals surface area contributed by atoms with Crippen molar-refractivity contribution in [2.75, 3.05) is 17.1 Å². The highest BCUT2D eigenvalue weighted by atomic mass is 35.5. The highest BCUT2D eigenvalue weighted by Crippen LogP contribution is 2.26. The monoisotopic (exact) mass is 615 g/mol. The Bertz CT molecular complexity index is 1480. The number of hydrogen-bond donors (Lipinski definition) is 1. The maximum absolute atomic E-state index is 14.2. The van der Waals surface area contributed by atoms with Gasteiger partial charge in [-0.3, -0.25) is 13.9 Å². The molecule has 1 aliphatic carbocycles. The first-order valence-corrected chi connectivity index (χ1v) is 16.2. The van der Waals surface area contributed by atoms with E-state index in [1.54, 1.807) is 49.4 Å². The Balaban J connectivity index is 1.74. The molecule has 0 aliphatic heterocycles. The molecule has 1 fully saturated rings. The lowest BCUT2D eigenvalue weighted by Crippen LogP contribution is -2.54. The number of rotatable bonds is 11. The van der Waals surface area contributed by atoms with E-state index in [0.29, 0.717) is 26.9 Å². The first-order valence-electron chi connectivity index (χ1n) is 13.6. The number of amides is 2. The number of nitrogens with one attached hydrogen (secondary N) is 1. The molecule has 218 valence electrons. The number of nitrogens with zero attached hydrogens (tertiary/aromatic N) is 2. The summed E-state index contributed by atoms with van der Waals surface area (Å²) in [5.74, 6) is -0.775. The van der Waals surface area contributed by atoms with E-state index in [-0.39, 0.29) is 24.9 Å². The van der Waals surface area contributed by atoms with E-state index in [2.05, 4.69) is 5.32 Å². The molecular formula is C31H35Cl2N3O4S. The van der Waals surface area contributed by atoms with Gasteiger partial charge >= 0.3 is 0 Å². The van der Waals surface area contributed by atoms with Gasteiger partial charge in [0.05, 0.1) is 22.0 Å². The Morgan fingerprint density at radius 2 is 1.59 bits per heavy atom. The third-order valence-electron chi connectivity index (χ3n) is 7.37. The molecule has 0 spiro atoms. The Labute approximate surface area is 252 Å². The van der Waals surface area contributed by atoms with Crippen LogP contribution in [0.1, 0.15) is 42.4 Å². The molecule has 3 aromatic carbocycles. The van der Waals surface area contributed by atoms with Crippen LogP contribution in [0, 0.1) is 6.92 Å². The molecule has 3 aromatic rings. The first-order chi connectivity index (χ1) is 19.5. The number of aryl methyl sites for hydroxylation is 1. The zero-order chi connectivity index (χ0) is 29.6. The maximum atomic E-state index is 14.2. The van der Waals surface area contributed by atoms with Gasteiger partial charge in [0, 0.05) is 19.0 Å². The number of benzene rings is 3. The summed E-state index contributed by atoms with van der Waals surface area (Å²) in [6, 6.07) is 20.7. The van der Waals surface area contributed by atoms with Gasteiger partial charge in [0.1, 0.15) is 12.6 Å². The molecular weight excluding hydrogens is 581 g/mol. The average Bonchev–Trinajstić information content (AvgIpc) is 3.44. The first kappa shape index (κ1) is 30.9. The minimum absolute atomic E-state index is 0.0384. The standard InChI is InChI=1S/C31H35Cl2N3O4S/c1-22-10-6-9-15-28(22)36(41(2,39)40)21-30(37)35(20-24-16-17-26(32)27(33)18-24)29(19-23-11-4-3-5-12-23)31(38)34-25-13-7-8-14-25/h3-6,9-12,15-18,25,29H,7-8,13-14,19-21H2,1-2H3,(H,34,38)/t29-/m1/s1. The van der Waals surface area contributed by atoms with Crippen molar-refractivity contribution < 1.29 is 18.0 Å². The summed E-state index contributed by atoms with van der Waals surface area (Å²) in [6.45, 7) is 1.36. The quantitative estimate of drug-likeness (QED) is 0.297. The molecule has 1 N–H and O–H groups in total. The molecule has 0 aromatic heterocycles. The van der Waals surface area contributed by atoms with Gasteiger partial charge in [-0.15, -0.1) is 0 Å². The molecule has 0 unspecified atom stereocenters. The minimum Gasteiger partial charge on any atom is -0.352 e. The third-order valence-corrected chi connectivity index (χ3v) is 9.24. The van der Waals surface area contributed by atoms with Crippen molar-refractivity contribution in [1.29, 1.82) is 0 Å². The number of carbonyl (C=O) groups is 2. The molecule has 2 amide bonds. The summed E-state index contributed by atoms with van der Waals surface area (Å²) in [5, 5.41) is 3.85. The summed E-state index contributed by atoms with van der Waals surface area (Å²) in [7, 11) is -3.83. The largest absolute Gasteiger partial charge is 0.352 e. The van der Waals surface area contributed by atoms with Gasteiger partial charge in [0.2, 0.25) is 21.8 Å². The van der Waals surface area contributed by atoms with Crippen LogP contribution in [0.2, 0.25) is 10.0 Å². The summed E-state index contributed by atoms with van der Waals surface area (Å²) in [4.78, 5) is 29.5. The number of para-hydroxylation sites is 1. The molecule has 0 saturated heterocycles. The molecule has 1 aliphatic rings. The fourth-order valence-corrected chi connectivity index (χ4v) is 6.42. The van der Waals surface area contributed by atoms with Crippen molar-refractivity contribution in [3.8, 4) is 0 Å². The second-order valence-corrected chi connectivity index (χ2v) is 13.2. The van der Waals surface area contributed by atoms with E-state index in [1.807, 2.05) is 30.3 Å². The second kappa shape index (κ2) is 13.7. The van der Waals surface area contributed by atoms with Crippen LogP contribution in [0.25, 0.3) is 0 Å². The third kappa shape index (κ3) is 8.24. The predicted octanol–water partition coefficient (Wildman–Crippen LogP) is 5.77. The zero-order valence-electron chi connectivity index (χ0n) is 23.2. The van der Waals surface area contributed by atoms with Crippen molar-refractivity contribution in [2.24, 2.45) is 0 Å². The SMILES string of the molecule is Cc1ccccc1N(CC(=O)N(Cc1ccc(Cl)c(Cl)c1)[C@H](Cc1ccccc1)C(=O)NC1CCCC1)S(C)(=O)=O. The van der Waals surface area contributed by atoms with Crippen LogP contribution in [-0.2, 0) is 32.6 Å². The van der Waals surface area contributed by atoms with Gasteiger partial charge < -0.3 is 10.2 Å². The topological polar surface area (TPSA) is 86.8 Å². The normalized spacial score (nSPS) is 14.4. The molecule has 0 radical (unpaired) electrons. The Hall–Kier alpha value is -3.07. The number of carbonyl (C=O) groups excluding carboxylic acids is 2.